The first-order valence-corrected chi connectivity index (χ1v) is 10.5. The summed E-state index contributed by atoms with van der Waals surface area (Å²) in [5.74, 6) is 0.411. The summed E-state index contributed by atoms with van der Waals surface area (Å²) in [5.41, 5.74) is 2.40. The molecule has 0 fully saturated rings. The van der Waals surface area contributed by atoms with E-state index in [0.29, 0.717) is 29.4 Å². The third kappa shape index (κ3) is 4.31. The quantitative estimate of drug-likeness (QED) is 0.656. The number of carbonyl (C=O) groups is 2. The first-order chi connectivity index (χ1) is 14.7. The topological polar surface area (TPSA) is 71.5 Å². The smallest absolute Gasteiger partial charge is 0.261 e. The molecule has 0 aliphatic carbocycles. The zero-order chi connectivity index (χ0) is 20.9. The highest BCUT2D eigenvalue weighted by molar-refractivity contribution is 7.99. The van der Waals surface area contributed by atoms with Crippen LogP contribution in [0.2, 0.25) is 0 Å². The lowest BCUT2D eigenvalue weighted by atomic mass is 10.1. The number of nitrogens with zero attached hydrogens (tertiary/aromatic N) is 2. The van der Waals surface area contributed by atoms with Crippen LogP contribution in [0.4, 0.5) is 5.69 Å². The average molecular weight is 420 g/mol. The van der Waals surface area contributed by atoms with Gasteiger partial charge in [-0.1, -0.05) is 36.0 Å². The first kappa shape index (κ1) is 20.0. The number of amides is 2. The number of fused-ring (bicyclic) bond motifs is 2. The molecule has 6 nitrogen and oxygen atoms in total. The Bertz CT molecular complexity index is 1070. The molecule has 1 aliphatic heterocycles. The molecule has 2 amide bonds. The van der Waals surface area contributed by atoms with Gasteiger partial charge in [0.1, 0.15) is 10.8 Å². The van der Waals surface area contributed by atoms with E-state index in [-0.39, 0.29) is 18.4 Å². The first-order valence-electron chi connectivity index (χ1n) is 9.68. The lowest BCUT2D eigenvalue weighted by Crippen LogP contribution is -2.30. The molecule has 1 aromatic heterocycles. The van der Waals surface area contributed by atoms with Gasteiger partial charge in [0.05, 0.1) is 11.3 Å². The maximum absolute atomic E-state index is 12.9. The minimum Gasteiger partial charge on any atom is -0.484 e. The SMILES string of the molecule is CCN1C(=O)c2cccnc2Sc2cc(CNC(=O)COc3ccccc3)ccc21. The molecule has 30 heavy (non-hydrogen) atoms. The molecule has 0 bridgehead atoms. The number of hydrogen-bond acceptors (Lipinski definition) is 5. The molecule has 152 valence electrons. The van der Waals surface area contributed by atoms with Gasteiger partial charge < -0.3 is 15.0 Å². The molecule has 0 atom stereocenters. The molecule has 0 spiro atoms. The van der Waals surface area contributed by atoms with Crippen LogP contribution in [0.3, 0.4) is 0 Å². The van der Waals surface area contributed by atoms with Gasteiger partial charge >= 0.3 is 0 Å². The zero-order valence-electron chi connectivity index (χ0n) is 16.5. The second-order valence-corrected chi connectivity index (χ2v) is 7.72. The van der Waals surface area contributed by atoms with Gasteiger partial charge in [-0.3, -0.25) is 9.59 Å². The van der Waals surface area contributed by atoms with Crippen LogP contribution in [-0.2, 0) is 11.3 Å². The van der Waals surface area contributed by atoms with Crippen LogP contribution in [0.15, 0.2) is 76.8 Å². The van der Waals surface area contributed by atoms with E-state index in [1.807, 2.05) is 55.5 Å². The van der Waals surface area contributed by atoms with Gasteiger partial charge in [-0.2, -0.15) is 0 Å². The molecule has 1 aliphatic rings. The number of ether oxygens (including phenoxy) is 1. The summed E-state index contributed by atoms with van der Waals surface area (Å²) in [4.78, 5) is 32.1. The van der Waals surface area contributed by atoms with Crippen molar-refractivity contribution in [3.63, 3.8) is 0 Å². The Balaban J connectivity index is 1.47. The standard InChI is InChI=1S/C23H21N3O3S/c1-2-26-19-11-10-16(14-25-21(27)15-29-17-7-4-3-5-8-17)13-20(19)30-22-18(23(26)28)9-6-12-24-22/h3-13H,2,14-15H2,1H3,(H,25,27). The molecule has 0 saturated carbocycles. The lowest BCUT2D eigenvalue weighted by molar-refractivity contribution is -0.123. The van der Waals surface area contributed by atoms with E-state index in [1.165, 1.54) is 11.8 Å². The van der Waals surface area contributed by atoms with E-state index in [0.717, 1.165) is 16.1 Å². The second kappa shape index (κ2) is 9.00. The number of nitrogens with one attached hydrogen (secondary N) is 1. The molecule has 0 radical (unpaired) electrons. The summed E-state index contributed by atoms with van der Waals surface area (Å²) in [7, 11) is 0. The van der Waals surface area contributed by atoms with Crippen molar-refractivity contribution >= 4 is 29.3 Å². The maximum atomic E-state index is 12.9. The van der Waals surface area contributed by atoms with Gasteiger partial charge in [0.25, 0.3) is 11.8 Å². The summed E-state index contributed by atoms with van der Waals surface area (Å²) in [6.07, 6.45) is 1.69. The highest BCUT2D eigenvalue weighted by atomic mass is 32.2. The number of aromatic nitrogens is 1. The minimum atomic E-state index is -0.196. The van der Waals surface area contributed by atoms with Gasteiger partial charge in [-0.15, -0.1) is 0 Å². The van der Waals surface area contributed by atoms with Crippen LogP contribution in [0.25, 0.3) is 0 Å². The predicted molar refractivity (Wildman–Crippen MR) is 116 cm³/mol. The lowest BCUT2D eigenvalue weighted by Gasteiger charge is -2.21. The summed E-state index contributed by atoms with van der Waals surface area (Å²) in [6, 6.07) is 18.7. The van der Waals surface area contributed by atoms with Gasteiger partial charge in [-0.25, -0.2) is 4.98 Å². The van der Waals surface area contributed by atoms with Crippen molar-refractivity contribution in [1.29, 1.82) is 0 Å². The van der Waals surface area contributed by atoms with Crippen LogP contribution < -0.4 is 15.0 Å². The molecule has 7 heteroatoms. The fourth-order valence-corrected chi connectivity index (χ4v) is 4.28. The highest BCUT2D eigenvalue weighted by Gasteiger charge is 2.27. The van der Waals surface area contributed by atoms with E-state index >= 15 is 0 Å². The zero-order valence-corrected chi connectivity index (χ0v) is 17.3. The van der Waals surface area contributed by atoms with Gasteiger partial charge in [-0.05, 0) is 48.9 Å². The fourth-order valence-electron chi connectivity index (χ4n) is 3.20. The number of rotatable bonds is 6. The van der Waals surface area contributed by atoms with E-state index in [4.69, 9.17) is 4.74 Å². The highest BCUT2D eigenvalue weighted by Crippen LogP contribution is 2.40. The summed E-state index contributed by atoms with van der Waals surface area (Å²) >= 11 is 1.47. The molecule has 1 N–H and O–H groups in total. The van der Waals surface area contributed by atoms with Crippen molar-refractivity contribution < 1.29 is 14.3 Å². The molecular weight excluding hydrogens is 398 g/mol. The summed E-state index contributed by atoms with van der Waals surface area (Å²) in [5, 5.41) is 3.57. The maximum Gasteiger partial charge on any atom is 0.261 e. The average Bonchev–Trinajstić information content (AvgIpc) is 2.90. The second-order valence-electron chi connectivity index (χ2n) is 6.69. The number of benzene rings is 2. The minimum absolute atomic E-state index is 0.0425. The monoisotopic (exact) mass is 419 g/mol. The van der Waals surface area contributed by atoms with Gasteiger partial charge in [0.2, 0.25) is 0 Å². The number of para-hydroxylation sites is 1. The Morgan fingerprint density at radius 3 is 2.77 bits per heavy atom. The van der Waals surface area contributed by atoms with Crippen molar-refractivity contribution in [3.8, 4) is 5.75 Å². The van der Waals surface area contributed by atoms with Gasteiger partial charge in [0.15, 0.2) is 6.61 Å². The third-order valence-electron chi connectivity index (χ3n) is 4.69. The Morgan fingerprint density at radius 1 is 1.13 bits per heavy atom. The Labute approximate surface area is 179 Å². The molecular formula is C23H21N3O3S. The summed E-state index contributed by atoms with van der Waals surface area (Å²) in [6.45, 7) is 2.85. The molecule has 2 aromatic carbocycles. The van der Waals surface area contributed by atoms with E-state index in [1.54, 1.807) is 23.2 Å². The van der Waals surface area contributed by atoms with E-state index in [2.05, 4.69) is 10.3 Å². The number of hydrogen-bond donors (Lipinski definition) is 1. The van der Waals surface area contributed by atoms with E-state index in [9.17, 15) is 9.59 Å². The third-order valence-corrected chi connectivity index (χ3v) is 5.75. The molecule has 0 unspecified atom stereocenters. The van der Waals surface area contributed by atoms with Crippen molar-refractivity contribution in [1.82, 2.24) is 10.3 Å². The molecule has 0 saturated heterocycles. The van der Waals surface area contributed by atoms with Crippen molar-refractivity contribution in [2.24, 2.45) is 0 Å². The molecule has 4 rings (SSSR count). The van der Waals surface area contributed by atoms with Crippen LogP contribution in [0, 0.1) is 0 Å². The number of anilines is 1. The fraction of sp³-hybridized carbons (Fsp3) is 0.174. The van der Waals surface area contributed by atoms with Crippen LogP contribution in [0.5, 0.6) is 5.75 Å². The van der Waals surface area contributed by atoms with Crippen molar-refractivity contribution in [3.05, 3.63) is 78.0 Å². The Hall–Kier alpha value is -3.32. The van der Waals surface area contributed by atoms with E-state index < -0.39 is 0 Å². The van der Waals surface area contributed by atoms with Crippen LogP contribution >= 0.6 is 11.8 Å². The largest absolute Gasteiger partial charge is 0.484 e. The van der Waals surface area contributed by atoms with Crippen LogP contribution in [-0.4, -0.2) is 29.9 Å². The van der Waals surface area contributed by atoms with Gasteiger partial charge in [0, 0.05) is 24.2 Å². The Morgan fingerprint density at radius 2 is 1.97 bits per heavy atom. The predicted octanol–water partition coefficient (Wildman–Crippen LogP) is 3.91. The normalized spacial score (nSPS) is 12.6. The molecule has 2 heterocycles. The number of carbonyl (C=O) groups excluding carboxylic acids is 2. The molecule has 3 aromatic rings. The summed E-state index contributed by atoms with van der Waals surface area (Å²) < 4.78 is 5.47. The number of pyridine rings is 1. The van der Waals surface area contributed by atoms with Crippen molar-refractivity contribution in [2.75, 3.05) is 18.1 Å². The Kier molecular flexibility index (Phi) is 5.99. The van der Waals surface area contributed by atoms with Crippen LogP contribution in [0.1, 0.15) is 22.8 Å². The van der Waals surface area contributed by atoms with Crippen molar-refractivity contribution in [2.45, 2.75) is 23.4 Å².